The highest BCUT2D eigenvalue weighted by Gasteiger charge is 2.24. The van der Waals surface area contributed by atoms with Crippen molar-refractivity contribution in [3.8, 4) is 11.5 Å². The number of nitrogens with zero attached hydrogens (tertiary/aromatic N) is 2. The molecule has 6 nitrogen and oxygen atoms in total. The second kappa shape index (κ2) is 8.02. The lowest BCUT2D eigenvalue weighted by Crippen LogP contribution is -2.46. The van der Waals surface area contributed by atoms with Crippen LogP contribution in [0.4, 0.5) is 5.69 Å². The van der Waals surface area contributed by atoms with Crippen LogP contribution in [0.3, 0.4) is 0 Å². The zero-order chi connectivity index (χ0) is 18.8. The van der Waals surface area contributed by atoms with Crippen molar-refractivity contribution in [2.75, 3.05) is 44.3 Å². The zero-order valence-corrected chi connectivity index (χ0v) is 15.9. The molecule has 2 N–H and O–H groups in total. The first kappa shape index (κ1) is 18.5. The molecule has 0 unspecified atom stereocenters. The van der Waals surface area contributed by atoms with E-state index in [2.05, 4.69) is 28.5 Å². The number of fused-ring (bicyclic) bond motifs is 1. The van der Waals surface area contributed by atoms with E-state index in [4.69, 9.17) is 9.47 Å². The van der Waals surface area contributed by atoms with Crippen molar-refractivity contribution in [2.45, 2.75) is 11.4 Å². The monoisotopic (exact) mass is 386 g/mol. The molecule has 2 heterocycles. The van der Waals surface area contributed by atoms with Crippen LogP contribution in [0.2, 0.25) is 0 Å². The fourth-order valence-corrected chi connectivity index (χ4v) is 3.88. The summed E-state index contributed by atoms with van der Waals surface area (Å²) in [6.07, 6.45) is 0. The Bertz CT molecular complexity index is 812. The first-order valence-electron chi connectivity index (χ1n) is 9.15. The summed E-state index contributed by atoms with van der Waals surface area (Å²) in [5.41, 5.74) is 2.60. The highest BCUT2D eigenvalue weighted by atomic mass is 32.1. The summed E-state index contributed by atoms with van der Waals surface area (Å²) >= 11 is 4.28. The SMILES string of the molecule is OB(O)c1cc(CN2CCN(c3cccc4c3OCCO4)CC2)ccc1S. The van der Waals surface area contributed by atoms with Gasteiger partial charge in [0.2, 0.25) is 0 Å². The number of benzene rings is 2. The lowest BCUT2D eigenvalue weighted by molar-refractivity contribution is 0.171. The van der Waals surface area contributed by atoms with Crippen LogP contribution in [0.25, 0.3) is 0 Å². The Labute approximate surface area is 164 Å². The standard InChI is InChI=1S/C19H23BN2O4S/c23-20(24)15-12-14(4-5-18(15)27)13-21-6-8-22(9-7-21)16-2-1-3-17-19(16)26-11-10-25-17/h1-5,12,23-24,27H,6-11,13H2. The molecule has 1 saturated heterocycles. The number of ether oxygens (including phenoxy) is 2. The van der Waals surface area contributed by atoms with Crippen molar-refractivity contribution in [3.05, 3.63) is 42.0 Å². The molecule has 0 bridgehead atoms. The number of anilines is 1. The second-order valence-electron chi connectivity index (χ2n) is 6.83. The molecule has 0 saturated carbocycles. The molecule has 0 aromatic heterocycles. The van der Waals surface area contributed by atoms with Crippen LogP contribution >= 0.6 is 12.6 Å². The lowest BCUT2D eigenvalue weighted by atomic mass is 9.79. The lowest BCUT2D eigenvalue weighted by Gasteiger charge is -2.37. The van der Waals surface area contributed by atoms with Gasteiger partial charge < -0.3 is 24.4 Å². The summed E-state index contributed by atoms with van der Waals surface area (Å²) in [7, 11) is -1.50. The molecule has 4 rings (SSSR count). The Hall–Kier alpha value is -1.87. The molecule has 0 aliphatic carbocycles. The topological polar surface area (TPSA) is 65.4 Å². The van der Waals surface area contributed by atoms with E-state index in [-0.39, 0.29) is 0 Å². The van der Waals surface area contributed by atoms with Gasteiger partial charge in [-0.2, -0.15) is 0 Å². The molecule has 2 aliphatic rings. The third-order valence-corrected chi connectivity index (χ3v) is 5.44. The number of hydrogen-bond donors (Lipinski definition) is 3. The third kappa shape index (κ3) is 4.04. The van der Waals surface area contributed by atoms with Gasteiger partial charge in [-0.3, -0.25) is 4.90 Å². The largest absolute Gasteiger partial charge is 0.489 e. The average molecular weight is 386 g/mol. The molecule has 0 radical (unpaired) electrons. The summed E-state index contributed by atoms with van der Waals surface area (Å²) in [4.78, 5) is 5.29. The van der Waals surface area contributed by atoms with Gasteiger partial charge in [0.1, 0.15) is 13.2 Å². The van der Waals surface area contributed by atoms with E-state index in [9.17, 15) is 10.0 Å². The minimum absolute atomic E-state index is 0.447. The van der Waals surface area contributed by atoms with E-state index >= 15 is 0 Å². The van der Waals surface area contributed by atoms with Gasteiger partial charge in [0.25, 0.3) is 0 Å². The first-order valence-corrected chi connectivity index (χ1v) is 9.60. The quantitative estimate of drug-likeness (QED) is 0.533. The summed E-state index contributed by atoms with van der Waals surface area (Å²) in [5, 5.41) is 18.9. The van der Waals surface area contributed by atoms with Gasteiger partial charge in [0, 0.05) is 37.6 Å². The normalized spacial score (nSPS) is 17.1. The van der Waals surface area contributed by atoms with Gasteiger partial charge in [-0.25, -0.2) is 0 Å². The Morgan fingerprint density at radius 1 is 1.00 bits per heavy atom. The molecule has 0 amide bonds. The molecule has 2 aliphatic heterocycles. The molecule has 0 spiro atoms. The number of thiol groups is 1. The maximum atomic E-state index is 9.46. The van der Waals surface area contributed by atoms with Crippen molar-refractivity contribution >= 4 is 30.9 Å². The number of piperazine rings is 1. The summed E-state index contributed by atoms with van der Waals surface area (Å²) in [6.45, 7) is 5.60. The Morgan fingerprint density at radius 2 is 1.78 bits per heavy atom. The van der Waals surface area contributed by atoms with E-state index in [0.29, 0.717) is 23.6 Å². The van der Waals surface area contributed by atoms with Crippen LogP contribution in [-0.2, 0) is 6.54 Å². The molecule has 2 aromatic carbocycles. The van der Waals surface area contributed by atoms with Crippen LogP contribution < -0.4 is 19.8 Å². The molecule has 142 valence electrons. The fourth-order valence-electron chi connectivity index (χ4n) is 3.62. The van der Waals surface area contributed by atoms with Gasteiger partial charge in [-0.1, -0.05) is 18.2 Å². The fraction of sp³-hybridized carbons (Fsp3) is 0.368. The van der Waals surface area contributed by atoms with Gasteiger partial charge in [0.05, 0.1) is 5.69 Å². The Kier molecular flexibility index (Phi) is 5.49. The highest BCUT2D eigenvalue weighted by Crippen LogP contribution is 2.39. The van der Waals surface area contributed by atoms with Crippen molar-refractivity contribution in [1.82, 2.24) is 4.90 Å². The van der Waals surface area contributed by atoms with E-state index in [0.717, 1.165) is 55.5 Å². The Balaban J connectivity index is 1.41. The van der Waals surface area contributed by atoms with Gasteiger partial charge in [-0.15, -0.1) is 12.6 Å². The van der Waals surface area contributed by atoms with Crippen molar-refractivity contribution in [2.24, 2.45) is 0 Å². The van der Waals surface area contributed by atoms with Crippen LogP contribution in [0.15, 0.2) is 41.3 Å². The number of para-hydroxylation sites is 1. The third-order valence-electron chi connectivity index (χ3n) is 5.03. The van der Waals surface area contributed by atoms with Gasteiger partial charge in [-0.05, 0) is 29.2 Å². The average Bonchev–Trinajstić information content (AvgIpc) is 2.69. The Morgan fingerprint density at radius 3 is 2.56 bits per heavy atom. The second-order valence-corrected chi connectivity index (χ2v) is 7.31. The molecule has 2 aromatic rings. The van der Waals surface area contributed by atoms with E-state index in [1.54, 1.807) is 0 Å². The minimum Gasteiger partial charge on any atom is -0.486 e. The number of hydrogen-bond acceptors (Lipinski definition) is 7. The van der Waals surface area contributed by atoms with Gasteiger partial charge in [0.15, 0.2) is 11.5 Å². The molecular weight excluding hydrogens is 363 g/mol. The first-order chi connectivity index (χ1) is 13.1. The maximum absolute atomic E-state index is 9.46. The molecule has 8 heteroatoms. The maximum Gasteiger partial charge on any atom is 0.489 e. The van der Waals surface area contributed by atoms with Crippen molar-refractivity contribution < 1.29 is 19.5 Å². The van der Waals surface area contributed by atoms with Crippen LogP contribution in [-0.4, -0.2) is 61.5 Å². The molecule has 27 heavy (non-hydrogen) atoms. The van der Waals surface area contributed by atoms with Crippen LogP contribution in [0.1, 0.15) is 5.56 Å². The van der Waals surface area contributed by atoms with E-state index in [1.165, 1.54) is 0 Å². The minimum atomic E-state index is -1.50. The highest BCUT2D eigenvalue weighted by molar-refractivity contribution is 7.80. The smallest absolute Gasteiger partial charge is 0.486 e. The van der Waals surface area contributed by atoms with Crippen molar-refractivity contribution in [3.63, 3.8) is 0 Å². The van der Waals surface area contributed by atoms with Crippen LogP contribution in [0, 0.1) is 0 Å². The summed E-state index contributed by atoms with van der Waals surface area (Å²) < 4.78 is 11.5. The van der Waals surface area contributed by atoms with Crippen LogP contribution in [0.5, 0.6) is 11.5 Å². The predicted molar refractivity (Wildman–Crippen MR) is 108 cm³/mol. The van der Waals surface area contributed by atoms with E-state index < -0.39 is 7.12 Å². The summed E-state index contributed by atoms with van der Waals surface area (Å²) in [6, 6.07) is 11.7. The molecule has 0 atom stereocenters. The molecular formula is C19H23BN2O4S. The van der Waals surface area contributed by atoms with Crippen molar-refractivity contribution in [1.29, 1.82) is 0 Å². The number of rotatable bonds is 4. The summed E-state index contributed by atoms with van der Waals surface area (Å²) in [5.74, 6) is 1.67. The molecule has 1 fully saturated rings. The zero-order valence-electron chi connectivity index (χ0n) is 15.0. The van der Waals surface area contributed by atoms with Gasteiger partial charge >= 0.3 is 7.12 Å². The predicted octanol–water partition coefficient (Wildman–Crippen LogP) is 0.748. The van der Waals surface area contributed by atoms with E-state index in [1.807, 2.05) is 30.3 Å².